The molecule has 27 heavy (non-hydrogen) atoms. The van der Waals surface area contributed by atoms with Gasteiger partial charge in [0.1, 0.15) is 17.1 Å². The molecule has 2 heterocycles. The van der Waals surface area contributed by atoms with Gasteiger partial charge in [-0.25, -0.2) is 4.98 Å². The summed E-state index contributed by atoms with van der Waals surface area (Å²) in [6, 6.07) is 8.02. The molecule has 6 heteroatoms. The first-order valence-corrected chi connectivity index (χ1v) is 10.4. The molecule has 0 fully saturated rings. The topological polar surface area (TPSA) is 59.9 Å². The van der Waals surface area contributed by atoms with Gasteiger partial charge in [-0.15, -0.1) is 11.3 Å². The molecule has 1 N–H and O–H groups in total. The fourth-order valence-electron chi connectivity index (χ4n) is 2.71. The second kappa shape index (κ2) is 10.6. The molecule has 1 aromatic carbocycles. The van der Waals surface area contributed by atoms with Crippen LogP contribution in [0, 0.1) is 0 Å². The van der Waals surface area contributed by atoms with Crippen LogP contribution in [0.1, 0.15) is 45.4 Å². The molecular weight excluding hydrogens is 356 g/mol. The van der Waals surface area contributed by atoms with Crippen LogP contribution in [0.3, 0.4) is 0 Å². The first kappa shape index (κ1) is 19.3. The zero-order valence-electron chi connectivity index (χ0n) is 15.7. The van der Waals surface area contributed by atoms with Gasteiger partial charge in [-0.3, -0.25) is 9.97 Å². The number of aromatic nitrogens is 3. The summed E-state index contributed by atoms with van der Waals surface area (Å²) in [6.45, 7) is 3.03. The maximum atomic E-state index is 5.82. The highest BCUT2D eigenvalue weighted by Gasteiger charge is 2.06. The maximum Gasteiger partial charge on any atom is 0.187 e. The summed E-state index contributed by atoms with van der Waals surface area (Å²) in [4.78, 5) is 12.9. The van der Waals surface area contributed by atoms with Crippen molar-refractivity contribution in [2.45, 2.75) is 45.4 Å². The van der Waals surface area contributed by atoms with E-state index in [0.717, 1.165) is 41.0 Å². The Labute approximate surface area is 164 Å². The van der Waals surface area contributed by atoms with Crippen LogP contribution in [0.4, 0.5) is 10.8 Å². The monoisotopic (exact) mass is 382 g/mol. The van der Waals surface area contributed by atoms with E-state index in [-0.39, 0.29) is 0 Å². The molecule has 0 bridgehead atoms. The molecule has 5 nitrogen and oxygen atoms in total. The van der Waals surface area contributed by atoms with Crippen LogP contribution in [-0.4, -0.2) is 21.6 Å². The first-order valence-electron chi connectivity index (χ1n) is 9.57. The third-order valence-corrected chi connectivity index (χ3v) is 4.96. The van der Waals surface area contributed by atoms with E-state index in [0.29, 0.717) is 0 Å². The van der Waals surface area contributed by atoms with Gasteiger partial charge in [0.15, 0.2) is 5.13 Å². The molecular formula is C21H26N4OS. The van der Waals surface area contributed by atoms with Crippen molar-refractivity contribution >= 4 is 22.2 Å². The van der Waals surface area contributed by atoms with Gasteiger partial charge in [-0.2, -0.15) is 0 Å². The van der Waals surface area contributed by atoms with Gasteiger partial charge >= 0.3 is 0 Å². The van der Waals surface area contributed by atoms with Gasteiger partial charge in [0, 0.05) is 23.5 Å². The van der Waals surface area contributed by atoms with Crippen LogP contribution in [-0.2, 0) is 0 Å². The molecule has 3 rings (SSSR count). The van der Waals surface area contributed by atoms with Crippen molar-refractivity contribution in [1.29, 1.82) is 0 Å². The van der Waals surface area contributed by atoms with E-state index < -0.39 is 0 Å². The summed E-state index contributed by atoms with van der Waals surface area (Å²) in [5.41, 5.74) is 2.59. The number of nitrogens with zero attached hydrogens (tertiary/aromatic N) is 3. The quantitative estimate of drug-likeness (QED) is 0.407. The molecule has 0 saturated heterocycles. The molecule has 0 saturated carbocycles. The van der Waals surface area contributed by atoms with E-state index in [1.54, 1.807) is 29.9 Å². The first-order chi connectivity index (χ1) is 13.3. The number of anilines is 2. The van der Waals surface area contributed by atoms with Gasteiger partial charge in [0.25, 0.3) is 0 Å². The Morgan fingerprint density at radius 1 is 0.963 bits per heavy atom. The Hall–Kier alpha value is -2.47. The van der Waals surface area contributed by atoms with Crippen LogP contribution in [0.15, 0.2) is 48.2 Å². The van der Waals surface area contributed by atoms with Gasteiger partial charge in [-0.05, 0) is 30.7 Å². The lowest BCUT2D eigenvalue weighted by atomic mass is 10.1. The van der Waals surface area contributed by atoms with E-state index in [1.807, 2.05) is 29.6 Å². The summed E-state index contributed by atoms with van der Waals surface area (Å²) in [7, 11) is 0. The average molecular weight is 383 g/mol. The fourth-order valence-corrected chi connectivity index (χ4v) is 3.44. The van der Waals surface area contributed by atoms with Gasteiger partial charge in [0.2, 0.25) is 0 Å². The van der Waals surface area contributed by atoms with Crippen molar-refractivity contribution in [1.82, 2.24) is 15.0 Å². The predicted molar refractivity (Wildman–Crippen MR) is 112 cm³/mol. The number of hydrogen-bond acceptors (Lipinski definition) is 6. The molecule has 0 amide bonds. The number of ether oxygens (including phenoxy) is 1. The van der Waals surface area contributed by atoms with Crippen molar-refractivity contribution < 1.29 is 4.74 Å². The number of hydrogen-bond donors (Lipinski definition) is 1. The van der Waals surface area contributed by atoms with Gasteiger partial charge < -0.3 is 10.1 Å². The molecule has 2 aromatic heterocycles. The zero-order valence-corrected chi connectivity index (χ0v) is 16.5. The molecule has 0 aliphatic carbocycles. The summed E-state index contributed by atoms with van der Waals surface area (Å²) in [5.74, 6) is 0.911. The molecule has 0 aliphatic heterocycles. The molecule has 0 unspecified atom stereocenters. The summed E-state index contributed by atoms with van der Waals surface area (Å²) >= 11 is 1.55. The Morgan fingerprint density at radius 3 is 2.56 bits per heavy atom. The SMILES string of the molecule is CCCCCCCCOc1ccc(Nc2nc(-c3cnccn3)cs2)cc1. The number of thiazole rings is 1. The van der Waals surface area contributed by atoms with Gasteiger partial charge in [-0.1, -0.05) is 39.0 Å². The lowest BCUT2D eigenvalue weighted by Crippen LogP contribution is -1.97. The lowest BCUT2D eigenvalue weighted by Gasteiger charge is -2.08. The van der Waals surface area contributed by atoms with Crippen molar-refractivity contribution in [2.24, 2.45) is 0 Å². The number of nitrogens with one attached hydrogen (secondary N) is 1. The minimum atomic E-state index is 0.778. The third kappa shape index (κ3) is 6.32. The smallest absolute Gasteiger partial charge is 0.187 e. The molecule has 0 aliphatic rings. The maximum absolute atomic E-state index is 5.82. The van der Waals surface area contributed by atoms with Crippen molar-refractivity contribution in [3.8, 4) is 17.1 Å². The highest BCUT2D eigenvalue weighted by molar-refractivity contribution is 7.14. The van der Waals surface area contributed by atoms with Crippen molar-refractivity contribution in [3.63, 3.8) is 0 Å². The fraction of sp³-hybridized carbons (Fsp3) is 0.381. The Morgan fingerprint density at radius 2 is 1.78 bits per heavy atom. The van der Waals surface area contributed by atoms with E-state index in [4.69, 9.17) is 4.74 Å². The largest absolute Gasteiger partial charge is 0.494 e. The number of unbranched alkanes of at least 4 members (excludes halogenated alkanes) is 5. The summed E-state index contributed by atoms with van der Waals surface area (Å²) < 4.78 is 5.82. The number of rotatable bonds is 11. The minimum Gasteiger partial charge on any atom is -0.494 e. The average Bonchev–Trinajstić information content (AvgIpc) is 3.18. The van der Waals surface area contributed by atoms with E-state index in [1.165, 1.54) is 32.1 Å². The van der Waals surface area contributed by atoms with E-state index >= 15 is 0 Å². The molecule has 0 atom stereocenters. The molecule has 142 valence electrons. The highest BCUT2D eigenvalue weighted by Crippen LogP contribution is 2.26. The standard InChI is InChI=1S/C21H26N4OS/c1-2-3-4-5-6-7-14-26-18-10-8-17(9-11-18)24-21-25-20(16-27-21)19-15-22-12-13-23-19/h8-13,15-16H,2-7,14H2,1H3,(H,24,25). The molecule has 3 aromatic rings. The Kier molecular flexibility index (Phi) is 7.59. The Balaban J connectivity index is 1.43. The number of benzene rings is 1. The van der Waals surface area contributed by atoms with Crippen LogP contribution < -0.4 is 10.1 Å². The van der Waals surface area contributed by atoms with Crippen LogP contribution in [0.25, 0.3) is 11.4 Å². The Bertz CT molecular complexity index is 789. The van der Waals surface area contributed by atoms with Crippen LogP contribution in [0.2, 0.25) is 0 Å². The molecule has 0 radical (unpaired) electrons. The normalized spacial score (nSPS) is 10.7. The minimum absolute atomic E-state index is 0.778. The molecule has 0 spiro atoms. The van der Waals surface area contributed by atoms with Crippen LogP contribution in [0.5, 0.6) is 5.75 Å². The predicted octanol–water partition coefficient (Wildman–Crippen LogP) is 6.08. The van der Waals surface area contributed by atoms with E-state index in [2.05, 4.69) is 27.2 Å². The second-order valence-electron chi connectivity index (χ2n) is 6.39. The van der Waals surface area contributed by atoms with E-state index in [9.17, 15) is 0 Å². The zero-order chi connectivity index (χ0) is 18.7. The summed E-state index contributed by atoms with van der Waals surface area (Å²) in [5, 5.41) is 6.13. The van der Waals surface area contributed by atoms with Crippen LogP contribution >= 0.6 is 11.3 Å². The third-order valence-electron chi connectivity index (χ3n) is 4.20. The second-order valence-corrected chi connectivity index (χ2v) is 7.25. The lowest BCUT2D eigenvalue weighted by molar-refractivity contribution is 0.304. The van der Waals surface area contributed by atoms with Gasteiger partial charge in [0.05, 0.1) is 12.8 Å². The van der Waals surface area contributed by atoms with Crippen molar-refractivity contribution in [2.75, 3.05) is 11.9 Å². The summed E-state index contributed by atoms with van der Waals surface area (Å²) in [6.07, 6.45) is 12.7. The van der Waals surface area contributed by atoms with Crippen molar-refractivity contribution in [3.05, 3.63) is 48.2 Å². The highest BCUT2D eigenvalue weighted by atomic mass is 32.1.